The van der Waals surface area contributed by atoms with Crippen molar-refractivity contribution in [2.75, 3.05) is 38.0 Å². The van der Waals surface area contributed by atoms with E-state index in [4.69, 9.17) is 10.5 Å². The second-order valence-corrected chi connectivity index (χ2v) is 9.05. The van der Waals surface area contributed by atoms with E-state index in [9.17, 15) is 9.59 Å². The zero-order valence-corrected chi connectivity index (χ0v) is 17.1. The first-order valence-electron chi connectivity index (χ1n) is 9.17. The van der Waals surface area contributed by atoms with E-state index in [0.29, 0.717) is 36.7 Å². The molecule has 8 heteroatoms. The van der Waals surface area contributed by atoms with Gasteiger partial charge in [-0.25, -0.2) is 4.79 Å². The van der Waals surface area contributed by atoms with Crippen LogP contribution >= 0.6 is 11.3 Å². The molecule has 0 unspecified atom stereocenters. The molecule has 3 rings (SSSR count). The van der Waals surface area contributed by atoms with Crippen LogP contribution in [-0.2, 0) is 17.8 Å². The lowest BCUT2D eigenvalue weighted by Crippen LogP contribution is -2.50. The van der Waals surface area contributed by atoms with Gasteiger partial charge < -0.3 is 15.4 Å². The summed E-state index contributed by atoms with van der Waals surface area (Å²) in [6.07, 6.45) is 0.604. The number of amides is 3. The molecule has 0 radical (unpaired) electrons. The van der Waals surface area contributed by atoms with E-state index in [-0.39, 0.29) is 11.6 Å². The highest BCUT2D eigenvalue weighted by molar-refractivity contribution is 7.17. The van der Waals surface area contributed by atoms with E-state index in [2.05, 4.69) is 16.8 Å². The van der Waals surface area contributed by atoms with Gasteiger partial charge in [0, 0.05) is 44.0 Å². The Hall–Kier alpha value is -1.90. The summed E-state index contributed by atoms with van der Waals surface area (Å²) in [7, 11) is 0. The summed E-state index contributed by atoms with van der Waals surface area (Å²) in [6, 6.07) is -0.189. The summed E-state index contributed by atoms with van der Waals surface area (Å²) in [6.45, 7) is 14.1. The second kappa shape index (κ2) is 7.61. The summed E-state index contributed by atoms with van der Waals surface area (Å²) in [5.74, 6) is -0.508. The fraction of sp³-hybridized carbons (Fsp3) is 0.579. The number of urea groups is 1. The molecule has 1 fully saturated rings. The van der Waals surface area contributed by atoms with Gasteiger partial charge in [0.05, 0.1) is 17.8 Å². The van der Waals surface area contributed by atoms with Crippen molar-refractivity contribution in [3.8, 4) is 0 Å². The number of carbonyl (C=O) groups excluding carboxylic acids is 2. The number of carbonyl (C=O) groups is 2. The fourth-order valence-electron chi connectivity index (χ4n) is 3.57. The van der Waals surface area contributed by atoms with Gasteiger partial charge >= 0.3 is 6.03 Å². The number of piperazine rings is 1. The highest BCUT2D eigenvalue weighted by atomic mass is 32.1. The van der Waals surface area contributed by atoms with Crippen molar-refractivity contribution in [3.63, 3.8) is 0 Å². The molecule has 27 heavy (non-hydrogen) atoms. The van der Waals surface area contributed by atoms with Crippen LogP contribution in [0, 0.1) is 0 Å². The monoisotopic (exact) mass is 392 g/mol. The van der Waals surface area contributed by atoms with Crippen LogP contribution < -0.4 is 11.1 Å². The molecule has 0 bridgehead atoms. The van der Waals surface area contributed by atoms with Gasteiger partial charge in [-0.3, -0.25) is 15.0 Å². The Morgan fingerprint density at radius 1 is 1.30 bits per heavy atom. The van der Waals surface area contributed by atoms with Crippen molar-refractivity contribution in [1.29, 1.82) is 0 Å². The Labute approximate surface area is 164 Å². The summed E-state index contributed by atoms with van der Waals surface area (Å²) in [4.78, 5) is 29.8. The van der Waals surface area contributed by atoms with Gasteiger partial charge in [-0.05, 0) is 26.3 Å². The van der Waals surface area contributed by atoms with E-state index in [0.717, 1.165) is 35.6 Å². The minimum atomic E-state index is -0.508. The zero-order chi connectivity index (χ0) is 19.8. The number of thiophene rings is 1. The molecule has 0 atom stereocenters. The normalized spacial score (nSPS) is 19.4. The molecule has 3 N–H and O–H groups in total. The van der Waals surface area contributed by atoms with Crippen molar-refractivity contribution >= 4 is 28.3 Å². The standard InChI is InChI=1S/C19H28N4O3S/c1-12(2)10-22-5-7-23(8-6-22)18(25)21-17-15(16(20)24)13-9-19(3,4)26-11-14(13)27-17/h1,5-11H2,2-4H3,(H2,20,24)(H,21,25). The van der Waals surface area contributed by atoms with E-state index in [1.165, 1.54) is 11.3 Å². The molecule has 0 aromatic carbocycles. The third-order valence-electron chi connectivity index (χ3n) is 4.91. The van der Waals surface area contributed by atoms with Gasteiger partial charge in [-0.1, -0.05) is 12.2 Å². The number of hydrogen-bond acceptors (Lipinski definition) is 5. The zero-order valence-electron chi connectivity index (χ0n) is 16.3. The highest BCUT2D eigenvalue weighted by Crippen LogP contribution is 2.40. The molecular formula is C19H28N4O3S. The molecule has 2 aliphatic heterocycles. The maximum absolute atomic E-state index is 12.7. The van der Waals surface area contributed by atoms with Crippen LogP contribution in [-0.4, -0.2) is 60.1 Å². The number of nitrogens with two attached hydrogens (primary N) is 1. The summed E-state index contributed by atoms with van der Waals surface area (Å²) >= 11 is 1.39. The second-order valence-electron chi connectivity index (χ2n) is 7.95. The first-order valence-corrected chi connectivity index (χ1v) is 9.99. The van der Waals surface area contributed by atoms with Gasteiger partial charge in [0.15, 0.2) is 0 Å². The number of anilines is 1. The Kier molecular flexibility index (Phi) is 5.60. The average Bonchev–Trinajstić information content (AvgIpc) is 2.90. The molecule has 1 aromatic heterocycles. The molecule has 1 aromatic rings. The lowest BCUT2D eigenvalue weighted by molar-refractivity contribution is -0.0383. The Bertz CT molecular complexity index is 763. The summed E-state index contributed by atoms with van der Waals surface area (Å²) in [5, 5.41) is 3.45. The summed E-state index contributed by atoms with van der Waals surface area (Å²) in [5.41, 5.74) is 7.75. The Morgan fingerprint density at radius 2 is 1.96 bits per heavy atom. The van der Waals surface area contributed by atoms with Crippen molar-refractivity contribution in [2.45, 2.75) is 39.4 Å². The molecule has 0 spiro atoms. The predicted molar refractivity (Wildman–Crippen MR) is 107 cm³/mol. The predicted octanol–water partition coefficient (Wildman–Crippen LogP) is 2.42. The average molecular weight is 393 g/mol. The Morgan fingerprint density at radius 3 is 2.56 bits per heavy atom. The van der Waals surface area contributed by atoms with Crippen LogP contribution in [0.3, 0.4) is 0 Å². The van der Waals surface area contributed by atoms with E-state index < -0.39 is 5.91 Å². The topological polar surface area (TPSA) is 87.9 Å². The number of fused-ring (bicyclic) bond motifs is 1. The van der Waals surface area contributed by atoms with Crippen LogP contribution in [0.25, 0.3) is 0 Å². The van der Waals surface area contributed by atoms with Gasteiger partial charge in [-0.15, -0.1) is 11.3 Å². The first kappa shape index (κ1) is 19.9. The van der Waals surface area contributed by atoms with Crippen molar-refractivity contribution in [2.24, 2.45) is 5.73 Å². The van der Waals surface area contributed by atoms with Crippen LogP contribution in [0.15, 0.2) is 12.2 Å². The number of primary amides is 1. The highest BCUT2D eigenvalue weighted by Gasteiger charge is 2.33. The van der Waals surface area contributed by atoms with E-state index in [1.54, 1.807) is 4.90 Å². The molecule has 3 amide bonds. The third kappa shape index (κ3) is 4.51. The molecule has 7 nitrogen and oxygen atoms in total. The largest absolute Gasteiger partial charge is 0.370 e. The lowest BCUT2D eigenvalue weighted by Gasteiger charge is -2.34. The maximum atomic E-state index is 12.7. The van der Waals surface area contributed by atoms with Crippen molar-refractivity contribution in [1.82, 2.24) is 9.80 Å². The van der Waals surface area contributed by atoms with Crippen molar-refractivity contribution < 1.29 is 14.3 Å². The van der Waals surface area contributed by atoms with Gasteiger partial charge in [0.25, 0.3) is 5.91 Å². The smallest absolute Gasteiger partial charge is 0.322 e. The Balaban J connectivity index is 1.71. The number of nitrogens with zero attached hydrogens (tertiary/aromatic N) is 2. The molecule has 3 heterocycles. The summed E-state index contributed by atoms with van der Waals surface area (Å²) < 4.78 is 5.83. The number of rotatable bonds is 4. The molecule has 0 aliphatic carbocycles. The minimum absolute atomic E-state index is 0.189. The number of nitrogens with one attached hydrogen (secondary N) is 1. The molecule has 0 saturated carbocycles. The number of hydrogen-bond donors (Lipinski definition) is 2. The van der Waals surface area contributed by atoms with Crippen LogP contribution in [0.1, 0.15) is 41.6 Å². The quantitative estimate of drug-likeness (QED) is 0.771. The van der Waals surface area contributed by atoms with Crippen LogP contribution in [0.4, 0.5) is 9.80 Å². The third-order valence-corrected chi connectivity index (χ3v) is 6.03. The maximum Gasteiger partial charge on any atom is 0.322 e. The molecule has 1 saturated heterocycles. The first-order chi connectivity index (χ1) is 12.7. The molecule has 2 aliphatic rings. The molecular weight excluding hydrogens is 364 g/mol. The van der Waals surface area contributed by atoms with Gasteiger partial charge in [0.1, 0.15) is 5.00 Å². The van der Waals surface area contributed by atoms with E-state index >= 15 is 0 Å². The lowest BCUT2D eigenvalue weighted by atomic mass is 9.93. The number of ether oxygens (including phenoxy) is 1. The van der Waals surface area contributed by atoms with Crippen molar-refractivity contribution in [3.05, 3.63) is 28.2 Å². The van der Waals surface area contributed by atoms with E-state index in [1.807, 2.05) is 20.8 Å². The van der Waals surface area contributed by atoms with Gasteiger partial charge in [0.2, 0.25) is 0 Å². The molecule has 148 valence electrons. The fourth-order valence-corrected chi connectivity index (χ4v) is 4.69. The van der Waals surface area contributed by atoms with Crippen LogP contribution in [0.5, 0.6) is 0 Å². The SMILES string of the molecule is C=C(C)CN1CCN(C(=O)Nc2sc3c(c2C(N)=O)CC(C)(C)OC3)CC1. The van der Waals surface area contributed by atoms with Crippen LogP contribution in [0.2, 0.25) is 0 Å². The minimum Gasteiger partial charge on any atom is -0.370 e. The van der Waals surface area contributed by atoms with Gasteiger partial charge in [-0.2, -0.15) is 0 Å².